The maximum absolute atomic E-state index is 13.3. The maximum atomic E-state index is 13.3. The summed E-state index contributed by atoms with van der Waals surface area (Å²) in [5.74, 6) is -0.0315. The van der Waals surface area contributed by atoms with Crippen LogP contribution in [0.2, 0.25) is 0 Å². The number of nitrogen functional groups attached to an aromatic ring is 1. The summed E-state index contributed by atoms with van der Waals surface area (Å²) in [7, 11) is 2.02. The third-order valence-corrected chi connectivity index (χ3v) is 7.00. The van der Waals surface area contributed by atoms with Crippen LogP contribution in [-0.2, 0) is 11.2 Å². The smallest absolute Gasteiger partial charge is 0.189 e. The van der Waals surface area contributed by atoms with Crippen molar-refractivity contribution in [2.24, 2.45) is 0 Å². The van der Waals surface area contributed by atoms with Gasteiger partial charge < -0.3 is 25.6 Å². The zero-order valence-corrected chi connectivity index (χ0v) is 20.7. The minimum atomic E-state index is -0.174. The van der Waals surface area contributed by atoms with Crippen LogP contribution in [0.5, 0.6) is 0 Å². The highest BCUT2D eigenvalue weighted by Crippen LogP contribution is 2.26. The minimum absolute atomic E-state index is 0.142. The zero-order valence-electron chi connectivity index (χ0n) is 20.7. The van der Waals surface area contributed by atoms with Gasteiger partial charge in [0.15, 0.2) is 11.6 Å². The maximum Gasteiger partial charge on any atom is 0.189 e. The molecule has 4 heterocycles. The molecule has 0 amide bonds. The molecular formula is C27H33N7O2. The van der Waals surface area contributed by atoms with E-state index in [1.807, 2.05) is 25.2 Å². The van der Waals surface area contributed by atoms with E-state index in [-0.39, 0.29) is 23.7 Å². The van der Waals surface area contributed by atoms with E-state index in [1.165, 1.54) is 18.5 Å². The number of pyridine rings is 1. The fraction of sp³-hybridized carbons (Fsp3) is 0.407. The molecule has 0 radical (unpaired) electrons. The molecule has 9 heteroatoms. The fourth-order valence-corrected chi connectivity index (χ4v) is 4.96. The fourth-order valence-electron chi connectivity index (χ4n) is 4.96. The molecule has 0 unspecified atom stereocenters. The quantitative estimate of drug-likeness (QED) is 0.486. The van der Waals surface area contributed by atoms with Crippen LogP contribution < -0.4 is 20.9 Å². The molecule has 0 aliphatic carbocycles. The second-order valence-corrected chi connectivity index (χ2v) is 9.31. The number of hydrogen-bond acceptors (Lipinski definition) is 9. The SMILES string of the molecule is CN[C@@H]1CCCN(c2ccc(-c3cnc(N)c(C(=O)Cc4cnccc4N4CCOCC4)n3)cc2)C1. The van der Waals surface area contributed by atoms with E-state index in [0.717, 1.165) is 43.0 Å². The van der Waals surface area contributed by atoms with Crippen molar-refractivity contribution in [1.29, 1.82) is 0 Å². The lowest BCUT2D eigenvalue weighted by molar-refractivity contribution is 0.0988. The lowest BCUT2D eigenvalue weighted by Crippen LogP contribution is -2.44. The highest BCUT2D eigenvalue weighted by atomic mass is 16.5. The van der Waals surface area contributed by atoms with Gasteiger partial charge >= 0.3 is 0 Å². The second kappa shape index (κ2) is 11.0. The first-order chi connectivity index (χ1) is 17.6. The molecule has 188 valence electrons. The zero-order chi connectivity index (χ0) is 24.9. The summed E-state index contributed by atoms with van der Waals surface area (Å²) >= 11 is 0. The van der Waals surface area contributed by atoms with Crippen molar-refractivity contribution in [3.05, 3.63) is 60.2 Å². The number of carbonyl (C=O) groups excluding carboxylic acids is 1. The van der Waals surface area contributed by atoms with Crippen LogP contribution in [0.3, 0.4) is 0 Å². The van der Waals surface area contributed by atoms with E-state index < -0.39 is 0 Å². The predicted octanol–water partition coefficient (Wildman–Crippen LogP) is 2.57. The summed E-state index contributed by atoms with van der Waals surface area (Å²) in [6.45, 7) is 4.96. The molecule has 2 fully saturated rings. The van der Waals surface area contributed by atoms with Crippen molar-refractivity contribution in [2.45, 2.75) is 25.3 Å². The van der Waals surface area contributed by atoms with Crippen LogP contribution >= 0.6 is 0 Å². The van der Waals surface area contributed by atoms with Crippen LogP contribution in [0.4, 0.5) is 17.2 Å². The summed E-state index contributed by atoms with van der Waals surface area (Å²) in [5.41, 5.74) is 10.9. The van der Waals surface area contributed by atoms with E-state index >= 15 is 0 Å². The number of carbonyl (C=O) groups is 1. The second-order valence-electron chi connectivity index (χ2n) is 9.31. The molecule has 2 saturated heterocycles. The van der Waals surface area contributed by atoms with Gasteiger partial charge in [-0.1, -0.05) is 12.1 Å². The molecule has 36 heavy (non-hydrogen) atoms. The summed E-state index contributed by atoms with van der Waals surface area (Å²) in [6, 6.07) is 10.7. The van der Waals surface area contributed by atoms with Crippen LogP contribution in [0.25, 0.3) is 11.3 Å². The molecule has 1 atom stereocenters. The lowest BCUT2D eigenvalue weighted by atomic mass is 10.0. The summed E-state index contributed by atoms with van der Waals surface area (Å²) in [4.78, 5) is 31.1. The molecule has 3 N–H and O–H groups in total. The molecule has 2 aliphatic rings. The van der Waals surface area contributed by atoms with Crippen molar-refractivity contribution in [2.75, 3.05) is 62.0 Å². The number of nitrogens with one attached hydrogen (secondary N) is 1. The molecule has 3 aromatic rings. The van der Waals surface area contributed by atoms with Gasteiger partial charge in [-0.3, -0.25) is 9.78 Å². The number of rotatable bonds is 7. The topological polar surface area (TPSA) is 110 Å². The first kappa shape index (κ1) is 24.1. The number of likely N-dealkylation sites (N-methyl/N-ethyl adjacent to an activating group) is 1. The Bertz CT molecular complexity index is 1190. The van der Waals surface area contributed by atoms with Crippen molar-refractivity contribution in [1.82, 2.24) is 20.3 Å². The highest BCUT2D eigenvalue weighted by molar-refractivity contribution is 6.00. The monoisotopic (exact) mass is 487 g/mol. The van der Waals surface area contributed by atoms with Gasteiger partial charge in [-0.05, 0) is 38.1 Å². The number of nitrogens with two attached hydrogens (primary N) is 1. The Balaban J connectivity index is 1.34. The molecule has 1 aromatic carbocycles. The Morgan fingerprint density at radius 1 is 1.11 bits per heavy atom. The molecule has 2 aromatic heterocycles. The van der Waals surface area contributed by atoms with Gasteiger partial charge in [0.25, 0.3) is 0 Å². The van der Waals surface area contributed by atoms with Gasteiger partial charge in [0, 0.05) is 73.5 Å². The molecule has 0 bridgehead atoms. The largest absolute Gasteiger partial charge is 0.382 e. The van der Waals surface area contributed by atoms with Crippen LogP contribution in [0, 0.1) is 0 Å². The molecule has 0 spiro atoms. The number of Topliss-reactive ketones (excluding diaryl/α,β-unsaturated/α-hetero) is 1. The molecular weight excluding hydrogens is 454 g/mol. The van der Waals surface area contributed by atoms with Gasteiger partial charge in [-0.2, -0.15) is 0 Å². The van der Waals surface area contributed by atoms with E-state index in [2.05, 4.69) is 42.2 Å². The number of piperidine rings is 1. The van der Waals surface area contributed by atoms with E-state index in [0.29, 0.717) is 24.9 Å². The number of nitrogens with zero attached hydrogens (tertiary/aromatic N) is 5. The van der Waals surface area contributed by atoms with Crippen molar-refractivity contribution >= 4 is 23.0 Å². The first-order valence-corrected chi connectivity index (χ1v) is 12.6. The summed E-state index contributed by atoms with van der Waals surface area (Å²) in [5, 5.41) is 3.39. The Morgan fingerprint density at radius 3 is 2.69 bits per heavy atom. The van der Waals surface area contributed by atoms with Crippen molar-refractivity contribution in [3.63, 3.8) is 0 Å². The van der Waals surface area contributed by atoms with Crippen LogP contribution in [0.1, 0.15) is 28.9 Å². The number of hydrogen-bond donors (Lipinski definition) is 2. The van der Waals surface area contributed by atoms with Crippen LogP contribution in [0.15, 0.2) is 48.9 Å². The van der Waals surface area contributed by atoms with Crippen LogP contribution in [-0.4, -0.2) is 73.2 Å². The molecule has 5 rings (SSSR count). The third kappa shape index (κ3) is 5.32. The lowest BCUT2D eigenvalue weighted by Gasteiger charge is -2.34. The Labute approximate surface area is 211 Å². The predicted molar refractivity (Wildman–Crippen MR) is 141 cm³/mol. The van der Waals surface area contributed by atoms with Crippen molar-refractivity contribution in [3.8, 4) is 11.3 Å². The molecule has 2 aliphatic heterocycles. The average Bonchev–Trinajstić information content (AvgIpc) is 2.94. The third-order valence-electron chi connectivity index (χ3n) is 7.00. The first-order valence-electron chi connectivity index (χ1n) is 12.6. The summed E-state index contributed by atoms with van der Waals surface area (Å²) in [6.07, 6.45) is 7.65. The number of anilines is 3. The molecule has 9 nitrogen and oxygen atoms in total. The van der Waals surface area contributed by atoms with Gasteiger partial charge in [-0.15, -0.1) is 0 Å². The van der Waals surface area contributed by atoms with Gasteiger partial charge in [0.05, 0.1) is 25.1 Å². The standard InChI is InChI=1S/C27H33N7O2/c1-29-21-3-2-10-34(18-21)22-6-4-19(5-7-22)23-17-31-27(28)26(32-23)25(35)15-20-16-30-9-8-24(20)33-11-13-36-14-12-33/h4-9,16-17,21,29H,2-3,10-15,18H2,1H3,(H2,28,31)/t21-/m1/s1. The van der Waals surface area contributed by atoms with Gasteiger partial charge in [0.2, 0.25) is 0 Å². The Morgan fingerprint density at radius 2 is 1.92 bits per heavy atom. The average molecular weight is 488 g/mol. The normalized spacial score (nSPS) is 18.3. The number of ketones is 1. The summed E-state index contributed by atoms with van der Waals surface area (Å²) < 4.78 is 5.47. The Kier molecular flexibility index (Phi) is 7.39. The minimum Gasteiger partial charge on any atom is -0.382 e. The highest BCUT2D eigenvalue weighted by Gasteiger charge is 2.21. The van der Waals surface area contributed by atoms with E-state index in [1.54, 1.807) is 18.6 Å². The number of benzene rings is 1. The van der Waals surface area contributed by atoms with Gasteiger partial charge in [0.1, 0.15) is 5.69 Å². The number of morpholine rings is 1. The number of aromatic nitrogens is 3. The van der Waals surface area contributed by atoms with Crippen molar-refractivity contribution < 1.29 is 9.53 Å². The van der Waals surface area contributed by atoms with E-state index in [4.69, 9.17) is 10.5 Å². The van der Waals surface area contributed by atoms with E-state index in [9.17, 15) is 4.79 Å². The number of ether oxygens (including phenoxy) is 1. The molecule has 0 saturated carbocycles. The Hall–Kier alpha value is -3.56. The van der Waals surface area contributed by atoms with Gasteiger partial charge in [-0.25, -0.2) is 9.97 Å².